The van der Waals surface area contributed by atoms with Crippen LogP contribution in [0, 0.1) is 11.3 Å². The van der Waals surface area contributed by atoms with E-state index >= 15 is 0 Å². The molecule has 94 valence electrons. The molecule has 0 unspecified atom stereocenters. The Hall–Kier alpha value is -1.03. The van der Waals surface area contributed by atoms with Gasteiger partial charge < -0.3 is 4.42 Å². The summed E-state index contributed by atoms with van der Waals surface area (Å²) >= 11 is 5.45. The van der Waals surface area contributed by atoms with Gasteiger partial charge in [-0.05, 0) is 12.1 Å². The number of halogens is 1. The molecule has 0 amide bonds. The highest BCUT2D eigenvalue weighted by Crippen LogP contribution is 2.11. The van der Waals surface area contributed by atoms with Crippen LogP contribution in [-0.4, -0.2) is 30.9 Å². The molecule has 1 heterocycles. The van der Waals surface area contributed by atoms with Gasteiger partial charge in [-0.2, -0.15) is 9.57 Å². The van der Waals surface area contributed by atoms with E-state index in [4.69, 9.17) is 21.3 Å². The molecule has 0 aliphatic carbocycles. The van der Waals surface area contributed by atoms with Gasteiger partial charge in [0, 0.05) is 18.8 Å². The van der Waals surface area contributed by atoms with Crippen LogP contribution >= 0.6 is 11.6 Å². The first kappa shape index (κ1) is 14.0. The van der Waals surface area contributed by atoms with E-state index in [1.54, 1.807) is 12.1 Å². The number of hydrogen-bond acceptors (Lipinski definition) is 4. The molecule has 0 aliphatic heterocycles. The zero-order valence-corrected chi connectivity index (χ0v) is 10.7. The van der Waals surface area contributed by atoms with Gasteiger partial charge in [0.25, 0.3) is 0 Å². The molecule has 0 aromatic carbocycles. The maximum absolute atomic E-state index is 11.9. The Morgan fingerprint density at radius 1 is 1.53 bits per heavy atom. The molecule has 0 saturated carbocycles. The Morgan fingerprint density at radius 3 is 2.82 bits per heavy atom. The van der Waals surface area contributed by atoms with E-state index in [9.17, 15) is 8.42 Å². The van der Waals surface area contributed by atoms with Crippen molar-refractivity contribution in [3.63, 3.8) is 0 Å². The average molecular weight is 277 g/mol. The van der Waals surface area contributed by atoms with Crippen molar-refractivity contribution in [2.45, 2.75) is 13.0 Å². The number of sulfonamides is 1. The van der Waals surface area contributed by atoms with Crippen LogP contribution < -0.4 is 0 Å². The van der Waals surface area contributed by atoms with Gasteiger partial charge in [0.15, 0.2) is 0 Å². The Kier molecular flexibility index (Phi) is 5.48. The lowest BCUT2D eigenvalue weighted by Gasteiger charge is -2.19. The molecular weight excluding hydrogens is 264 g/mol. The van der Waals surface area contributed by atoms with E-state index in [2.05, 4.69) is 0 Å². The van der Waals surface area contributed by atoms with Crippen molar-refractivity contribution in [3.05, 3.63) is 24.2 Å². The second-order valence-electron chi connectivity index (χ2n) is 3.33. The number of furan rings is 1. The topological polar surface area (TPSA) is 74.3 Å². The molecular formula is C10H13ClN2O3S. The molecule has 0 N–H and O–H groups in total. The summed E-state index contributed by atoms with van der Waals surface area (Å²) in [6.45, 7) is 0.282. The Labute approximate surface area is 106 Å². The van der Waals surface area contributed by atoms with Gasteiger partial charge in [0.05, 0.1) is 24.6 Å². The molecule has 0 saturated heterocycles. The highest BCUT2D eigenvalue weighted by atomic mass is 35.5. The Morgan fingerprint density at radius 2 is 2.29 bits per heavy atom. The summed E-state index contributed by atoms with van der Waals surface area (Å²) in [5.41, 5.74) is 0. The van der Waals surface area contributed by atoms with Crippen molar-refractivity contribution in [2.75, 3.05) is 18.2 Å². The minimum absolute atomic E-state index is 0.0313. The predicted octanol–water partition coefficient (Wildman–Crippen LogP) is 1.56. The van der Waals surface area contributed by atoms with Crippen LogP contribution in [0.4, 0.5) is 0 Å². The van der Waals surface area contributed by atoms with Gasteiger partial charge >= 0.3 is 0 Å². The van der Waals surface area contributed by atoms with E-state index in [-0.39, 0.29) is 31.1 Å². The van der Waals surface area contributed by atoms with E-state index in [0.717, 1.165) is 0 Å². The first-order chi connectivity index (χ1) is 8.10. The van der Waals surface area contributed by atoms with Crippen molar-refractivity contribution in [1.82, 2.24) is 4.31 Å². The molecule has 1 rings (SSSR count). The summed E-state index contributed by atoms with van der Waals surface area (Å²) < 4.78 is 30.0. The van der Waals surface area contributed by atoms with E-state index < -0.39 is 10.0 Å². The fourth-order valence-electron chi connectivity index (χ4n) is 1.29. The summed E-state index contributed by atoms with van der Waals surface area (Å²) in [6.07, 6.45) is 1.62. The quantitative estimate of drug-likeness (QED) is 0.709. The van der Waals surface area contributed by atoms with Crippen LogP contribution in [0.2, 0.25) is 0 Å². The van der Waals surface area contributed by atoms with Crippen molar-refractivity contribution < 1.29 is 12.8 Å². The van der Waals surface area contributed by atoms with Crippen LogP contribution in [0.1, 0.15) is 12.2 Å². The summed E-state index contributed by atoms with van der Waals surface area (Å²) in [4.78, 5) is 0. The highest BCUT2D eigenvalue weighted by molar-refractivity contribution is 7.89. The van der Waals surface area contributed by atoms with Crippen LogP contribution in [0.3, 0.4) is 0 Å². The standard InChI is InChI=1S/C10H13ClN2O3S/c11-4-8-17(14,15)13(6-2-5-12)9-10-3-1-7-16-10/h1,3,7H,2,4,6,8-9H2. The first-order valence-corrected chi connectivity index (χ1v) is 7.17. The molecule has 5 nitrogen and oxygen atoms in total. The molecule has 0 atom stereocenters. The van der Waals surface area contributed by atoms with Crippen molar-refractivity contribution in [3.8, 4) is 6.07 Å². The van der Waals surface area contributed by atoms with Crippen LogP contribution in [-0.2, 0) is 16.6 Å². The molecule has 0 fully saturated rings. The number of nitriles is 1. The Bertz CT molecular complexity index is 464. The molecule has 1 aromatic rings. The predicted molar refractivity (Wildman–Crippen MR) is 63.9 cm³/mol. The third kappa shape index (κ3) is 4.38. The molecule has 1 aromatic heterocycles. The maximum Gasteiger partial charge on any atom is 0.215 e. The summed E-state index contributed by atoms with van der Waals surface area (Å²) in [7, 11) is -3.43. The van der Waals surface area contributed by atoms with Crippen LogP contribution in [0.5, 0.6) is 0 Å². The first-order valence-electron chi connectivity index (χ1n) is 5.03. The van der Waals surface area contributed by atoms with Gasteiger partial charge in [-0.15, -0.1) is 11.6 Å². The van der Waals surface area contributed by atoms with Gasteiger partial charge in [0.2, 0.25) is 10.0 Å². The minimum atomic E-state index is -3.43. The van der Waals surface area contributed by atoms with Gasteiger partial charge in [-0.1, -0.05) is 0 Å². The van der Waals surface area contributed by atoms with E-state index in [1.807, 2.05) is 6.07 Å². The Balaban J connectivity index is 2.77. The van der Waals surface area contributed by atoms with Crippen molar-refractivity contribution in [2.24, 2.45) is 0 Å². The van der Waals surface area contributed by atoms with Crippen LogP contribution in [0.15, 0.2) is 22.8 Å². The SMILES string of the molecule is N#CCCN(Cc1ccco1)S(=O)(=O)CCCl. The smallest absolute Gasteiger partial charge is 0.215 e. The minimum Gasteiger partial charge on any atom is -0.468 e. The molecule has 0 spiro atoms. The van der Waals surface area contributed by atoms with E-state index in [1.165, 1.54) is 10.6 Å². The monoisotopic (exact) mass is 276 g/mol. The lowest BCUT2D eigenvalue weighted by Crippen LogP contribution is -2.33. The number of alkyl halides is 1. The fourth-order valence-corrected chi connectivity index (χ4v) is 3.03. The summed E-state index contributed by atoms with van der Waals surface area (Å²) in [5, 5.41) is 8.52. The van der Waals surface area contributed by atoms with E-state index in [0.29, 0.717) is 5.76 Å². The number of nitrogens with zero attached hydrogens (tertiary/aromatic N) is 2. The van der Waals surface area contributed by atoms with Crippen molar-refractivity contribution >= 4 is 21.6 Å². The normalized spacial score (nSPS) is 11.6. The van der Waals surface area contributed by atoms with Crippen molar-refractivity contribution in [1.29, 1.82) is 5.26 Å². The largest absolute Gasteiger partial charge is 0.468 e. The molecule has 0 aliphatic rings. The zero-order chi connectivity index (χ0) is 12.7. The molecule has 7 heteroatoms. The number of hydrogen-bond donors (Lipinski definition) is 0. The van der Waals surface area contributed by atoms with Gasteiger partial charge in [-0.3, -0.25) is 0 Å². The number of rotatable bonds is 7. The highest BCUT2D eigenvalue weighted by Gasteiger charge is 2.22. The lowest BCUT2D eigenvalue weighted by molar-refractivity contribution is 0.369. The fraction of sp³-hybridized carbons (Fsp3) is 0.500. The maximum atomic E-state index is 11.9. The van der Waals surface area contributed by atoms with Gasteiger partial charge in [0.1, 0.15) is 5.76 Å². The lowest BCUT2D eigenvalue weighted by atomic mass is 10.4. The second-order valence-corrected chi connectivity index (χ2v) is 5.79. The third-order valence-electron chi connectivity index (χ3n) is 2.11. The molecule has 0 bridgehead atoms. The summed E-state index contributed by atoms with van der Waals surface area (Å²) in [5.74, 6) is 0.436. The zero-order valence-electron chi connectivity index (χ0n) is 9.17. The van der Waals surface area contributed by atoms with Gasteiger partial charge in [-0.25, -0.2) is 8.42 Å². The van der Waals surface area contributed by atoms with Crippen LogP contribution in [0.25, 0.3) is 0 Å². The summed E-state index contributed by atoms with van der Waals surface area (Å²) in [6, 6.07) is 5.30. The molecule has 0 radical (unpaired) electrons. The molecule has 17 heavy (non-hydrogen) atoms. The second kappa shape index (κ2) is 6.64. The third-order valence-corrected chi connectivity index (χ3v) is 4.35. The average Bonchev–Trinajstić information content (AvgIpc) is 2.76.